The highest BCUT2D eigenvalue weighted by Crippen LogP contribution is 1.86. The molecule has 0 aliphatic heterocycles. The van der Waals surface area contributed by atoms with E-state index >= 15 is 0 Å². The Morgan fingerprint density at radius 3 is 2.82 bits per heavy atom. The summed E-state index contributed by atoms with van der Waals surface area (Å²) >= 11 is 0. The van der Waals surface area contributed by atoms with Crippen molar-refractivity contribution in [3.05, 3.63) is 24.8 Å². The molecule has 0 heterocycles. The van der Waals surface area contributed by atoms with Gasteiger partial charge in [0.05, 0.1) is 13.0 Å². The zero-order chi connectivity index (χ0) is 8.53. The molecule has 62 valence electrons. The van der Waals surface area contributed by atoms with Crippen molar-refractivity contribution in [2.24, 2.45) is 0 Å². The molecule has 0 aromatic rings. The summed E-state index contributed by atoms with van der Waals surface area (Å²) in [5, 5.41) is 8.29. The molecule has 11 heavy (non-hydrogen) atoms. The lowest BCUT2D eigenvalue weighted by atomic mass is 10.4. The number of carbonyl (C=O) groups is 1. The van der Waals surface area contributed by atoms with Crippen molar-refractivity contribution in [1.82, 2.24) is 0 Å². The van der Waals surface area contributed by atoms with Crippen LogP contribution in [0.3, 0.4) is 0 Å². The molecule has 0 aromatic carbocycles. The van der Waals surface area contributed by atoms with E-state index in [2.05, 4.69) is 11.3 Å². The molecule has 0 saturated carbocycles. The van der Waals surface area contributed by atoms with E-state index in [1.165, 1.54) is 12.2 Å². The fourth-order valence-electron chi connectivity index (χ4n) is 0.460. The topological polar surface area (TPSA) is 46.5 Å². The maximum absolute atomic E-state index is 10.6. The lowest BCUT2D eigenvalue weighted by molar-refractivity contribution is -0.141. The molecule has 0 fully saturated rings. The third kappa shape index (κ3) is 6.80. The van der Waals surface area contributed by atoms with E-state index < -0.39 is 0 Å². The molecular weight excluding hydrogens is 144 g/mol. The van der Waals surface area contributed by atoms with Crippen molar-refractivity contribution >= 4 is 5.97 Å². The number of esters is 1. The molecular formula is C8H12O3. The first-order valence-corrected chi connectivity index (χ1v) is 3.33. The molecule has 0 atom stereocenters. The summed E-state index contributed by atoms with van der Waals surface area (Å²) in [4.78, 5) is 10.6. The molecule has 0 rings (SSSR count). The zero-order valence-electron chi connectivity index (χ0n) is 6.32. The first kappa shape index (κ1) is 9.91. The van der Waals surface area contributed by atoms with Crippen LogP contribution in [-0.4, -0.2) is 24.3 Å². The summed E-state index contributed by atoms with van der Waals surface area (Å²) in [6, 6.07) is 0. The SMILES string of the molecule is C=CCC(=O)OCC=CCO. The van der Waals surface area contributed by atoms with Gasteiger partial charge in [0.1, 0.15) is 6.61 Å². The number of rotatable bonds is 5. The summed E-state index contributed by atoms with van der Waals surface area (Å²) in [7, 11) is 0. The Kier molecular flexibility index (Phi) is 6.33. The molecule has 0 amide bonds. The minimum absolute atomic E-state index is 0.0288. The van der Waals surface area contributed by atoms with Gasteiger partial charge < -0.3 is 9.84 Å². The summed E-state index contributed by atoms with van der Waals surface area (Å²) in [5.41, 5.74) is 0. The number of carbonyl (C=O) groups excluding carboxylic acids is 1. The molecule has 0 spiro atoms. The van der Waals surface area contributed by atoms with Gasteiger partial charge in [0.2, 0.25) is 0 Å². The Hall–Kier alpha value is -1.09. The number of hydrogen-bond acceptors (Lipinski definition) is 3. The number of aliphatic hydroxyl groups is 1. The molecule has 3 heteroatoms. The lowest BCUT2D eigenvalue weighted by Gasteiger charge is -1.96. The highest BCUT2D eigenvalue weighted by atomic mass is 16.5. The standard InChI is InChI=1S/C8H12O3/c1-2-5-8(10)11-7-4-3-6-9/h2-4,9H,1,5-7H2. The van der Waals surface area contributed by atoms with Gasteiger partial charge >= 0.3 is 5.97 Å². The van der Waals surface area contributed by atoms with Gasteiger partial charge in [0.25, 0.3) is 0 Å². The average Bonchev–Trinajstić information content (AvgIpc) is 1.99. The van der Waals surface area contributed by atoms with Crippen molar-refractivity contribution in [2.45, 2.75) is 6.42 Å². The van der Waals surface area contributed by atoms with Gasteiger partial charge in [-0.05, 0) is 6.08 Å². The number of aliphatic hydroxyl groups excluding tert-OH is 1. The highest BCUT2D eigenvalue weighted by molar-refractivity contribution is 5.71. The third-order valence-electron chi connectivity index (χ3n) is 0.924. The monoisotopic (exact) mass is 156 g/mol. The first-order chi connectivity index (χ1) is 5.31. The second-order valence-electron chi connectivity index (χ2n) is 1.83. The molecule has 0 unspecified atom stereocenters. The van der Waals surface area contributed by atoms with Crippen LogP contribution in [-0.2, 0) is 9.53 Å². The normalized spacial score (nSPS) is 9.91. The van der Waals surface area contributed by atoms with Gasteiger partial charge in [-0.15, -0.1) is 6.58 Å². The van der Waals surface area contributed by atoms with Crippen molar-refractivity contribution in [3.8, 4) is 0 Å². The molecule has 0 aliphatic carbocycles. The lowest BCUT2D eigenvalue weighted by Crippen LogP contribution is -2.02. The van der Waals surface area contributed by atoms with Crippen LogP contribution in [0.1, 0.15) is 6.42 Å². The van der Waals surface area contributed by atoms with Gasteiger partial charge in [0, 0.05) is 0 Å². The van der Waals surface area contributed by atoms with Crippen LogP contribution >= 0.6 is 0 Å². The maximum Gasteiger partial charge on any atom is 0.309 e. The van der Waals surface area contributed by atoms with E-state index in [0.29, 0.717) is 0 Å². The minimum Gasteiger partial charge on any atom is -0.461 e. The Balaban J connectivity index is 3.30. The molecule has 3 nitrogen and oxygen atoms in total. The Bertz CT molecular complexity index is 149. The van der Waals surface area contributed by atoms with Crippen LogP contribution < -0.4 is 0 Å². The molecule has 1 N–H and O–H groups in total. The van der Waals surface area contributed by atoms with Gasteiger partial charge in [0.15, 0.2) is 0 Å². The van der Waals surface area contributed by atoms with Gasteiger partial charge in [-0.25, -0.2) is 0 Å². The van der Waals surface area contributed by atoms with Gasteiger partial charge in [-0.3, -0.25) is 4.79 Å². The molecule has 0 saturated heterocycles. The summed E-state index contributed by atoms with van der Waals surface area (Å²) < 4.78 is 4.68. The predicted molar refractivity (Wildman–Crippen MR) is 42.0 cm³/mol. The van der Waals surface area contributed by atoms with Crippen LogP contribution in [0.25, 0.3) is 0 Å². The zero-order valence-corrected chi connectivity index (χ0v) is 6.32. The van der Waals surface area contributed by atoms with E-state index in [9.17, 15) is 4.79 Å². The highest BCUT2D eigenvalue weighted by Gasteiger charge is 1.94. The van der Waals surface area contributed by atoms with Crippen molar-refractivity contribution < 1.29 is 14.6 Å². The van der Waals surface area contributed by atoms with Gasteiger partial charge in [-0.1, -0.05) is 12.2 Å². The molecule has 0 aromatic heterocycles. The molecule has 0 radical (unpaired) electrons. The van der Waals surface area contributed by atoms with E-state index in [4.69, 9.17) is 5.11 Å². The van der Waals surface area contributed by atoms with E-state index in [1.807, 2.05) is 0 Å². The van der Waals surface area contributed by atoms with Crippen LogP contribution in [0.15, 0.2) is 24.8 Å². The van der Waals surface area contributed by atoms with Crippen LogP contribution in [0.4, 0.5) is 0 Å². The van der Waals surface area contributed by atoms with Crippen molar-refractivity contribution in [3.63, 3.8) is 0 Å². The number of ether oxygens (including phenoxy) is 1. The van der Waals surface area contributed by atoms with Crippen molar-refractivity contribution in [2.75, 3.05) is 13.2 Å². The quantitative estimate of drug-likeness (QED) is 0.469. The Morgan fingerprint density at radius 1 is 1.55 bits per heavy atom. The second-order valence-corrected chi connectivity index (χ2v) is 1.83. The van der Waals surface area contributed by atoms with Gasteiger partial charge in [-0.2, -0.15) is 0 Å². The minimum atomic E-state index is -0.303. The average molecular weight is 156 g/mol. The smallest absolute Gasteiger partial charge is 0.309 e. The Labute approximate surface area is 66.0 Å². The van der Waals surface area contributed by atoms with Crippen LogP contribution in [0, 0.1) is 0 Å². The maximum atomic E-state index is 10.6. The first-order valence-electron chi connectivity index (χ1n) is 3.33. The fraction of sp³-hybridized carbons (Fsp3) is 0.375. The van der Waals surface area contributed by atoms with E-state index in [-0.39, 0.29) is 25.6 Å². The van der Waals surface area contributed by atoms with E-state index in [0.717, 1.165) is 0 Å². The number of hydrogen-bond donors (Lipinski definition) is 1. The summed E-state index contributed by atoms with van der Waals surface area (Å²) in [5.74, 6) is -0.303. The summed E-state index contributed by atoms with van der Waals surface area (Å²) in [6.07, 6.45) is 4.81. The fourth-order valence-corrected chi connectivity index (χ4v) is 0.460. The van der Waals surface area contributed by atoms with Crippen LogP contribution in [0.5, 0.6) is 0 Å². The predicted octanol–water partition coefficient (Wildman–Crippen LogP) is 0.654. The largest absolute Gasteiger partial charge is 0.461 e. The summed E-state index contributed by atoms with van der Waals surface area (Å²) in [6.45, 7) is 3.57. The molecule has 0 aliphatic rings. The van der Waals surface area contributed by atoms with E-state index in [1.54, 1.807) is 6.08 Å². The molecule has 0 bridgehead atoms. The Morgan fingerprint density at radius 2 is 2.27 bits per heavy atom. The van der Waals surface area contributed by atoms with Crippen LogP contribution in [0.2, 0.25) is 0 Å². The third-order valence-corrected chi connectivity index (χ3v) is 0.924. The second kappa shape index (κ2) is 7.02. The van der Waals surface area contributed by atoms with Crippen molar-refractivity contribution in [1.29, 1.82) is 0 Å².